The minimum Gasteiger partial charge on any atom is -0.480 e. The van der Waals surface area contributed by atoms with Gasteiger partial charge in [-0.15, -0.1) is 0 Å². The second-order valence-electron chi connectivity index (χ2n) is 3.75. The lowest BCUT2D eigenvalue weighted by atomic mass is 10.1. The molecule has 1 aromatic carbocycles. The number of rotatable bonds is 5. The molecule has 0 saturated carbocycles. The van der Waals surface area contributed by atoms with E-state index in [2.05, 4.69) is 21.2 Å². The minimum atomic E-state index is -1.03. The molecular formula is C12H14BrNO3. The van der Waals surface area contributed by atoms with Crippen molar-refractivity contribution in [3.05, 3.63) is 34.3 Å². The average molecular weight is 300 g/mol. The molecule has 0 fully saturated rings. The van der Waals surface area contributed by atoms with Gasteiger partial charge in [0.05, 0.1) is 0 Å². The summed E-state index contributed by atoms with van der Waals surface area (Å²) in [6.07, 6.45) is 0.894. The molecule has 5 heteroatoms. The zero-order valence-corrected chi connectivity index (χ0v) is 11.0. The van der Waals surface area contributed by atoms with Crippen LogP contribution in [-0.4, -0.2) is 23.0 Å². The molecule has 0 aliphatic heterocycles. The Morgan fingerprint density at radius 2 is 1.94 bits per heavy atom. The van der Waals surface area contributed by atoms with Crippen molar-refractivity contribution in [1.29, 1.82) is 0 Å². The number of nitrogens with one attached hydrogen (secondary N) is 1. The number of carboxylic acids is 1. The second-order valence-corrected chi connectivity index (χ2v) is 4.67. The lowest BCUT2D eigenvalue weighted by Gasteiger charge is -2.08. The summed E-state index contributed by atoms with van der Waals surface area (Å²) >= 11 is 3.33. The van der Waals surface area contributed by atoms with Gasteiger partial charge in [0.15, 0.2) is 0 Å². The molecule has 1 atom stereocenters. The van der Waals surface area contributed by atoms with Crippen LogP contribution in [0.25, 0.3) is 0 Å². The maximum atomic E-state index is 11.4. The van der Waals surface area contributed by atoms with Gasteiger partial charge in [0, 0.05) is 10.9 Å². The van der Waals surface area contributed by atoms with E-state index in [1.54, 1.807) is 0 Å². The number of amides is 1. The summed E-state index contributed by atoms with van der Waals surface area (Å²) in [6, 6.07) is 6.84. The van der Waals surface area contributed by atoms with Gasteiger partial charge in [-0.1, -0.05) is 28.1 Å². The summed E-state index contributed by atoms with van der Waals surface area (Å²) in [6.45, 7) is 1.44. The van der Waals surface area contributed by atoms with E-state index in [9.17, 15) is 9.59 Å². The molecular weight excluding hydrogens is 286 g/mol. The van der Waals surface area contributed by atoms with Crippen molar-refractivity contribution in [3.8, 4) is 0 Å². The van der Waals surface area contributed by atoms with Crippen LogP contribution in [0.4, 0.5) is 0 Å². The summed E-state index contributed by atoms with van der Waals surface area (Å²) in [7, 11) is 0. The molecule has 0 unspecified atom stereocenters. The van der Waals surface area contributed by atoms with Gasteiger partial charge >= 0.3 is 5.97 Å². The van der Waals surface area contributed by atoms with Gasteiger partial charge in [-0.05, 0) is 31.0 Å². The van der Waals surface area contributed by atoms with E-state index in [4.69, 9.17) is 5.11 Å². The number of hydrogen-bond donors (Lipinski definition) is 2. The first-order valence-corrected chi connectivity index (χ1v) is 6.05. The van der Waals surface area contributed by atoms with Crippen LogP contribution in [0.1, 0.15) is 18.9 Å². The van der Waals surface area contributed by atoms with Crippen molar-refractivity contribution >= 4 is 27.8 Å². The third kappa shape index (κ3) is 4.99. The van der Waals surface area contributed by atoms with E-state index < -0.39 is 12.0 Å². The molecule has 1 rings (SSSR count). The van der Waals surface area contributed by atoms with Gasteiger partial charge in [0.2, 0.25) is 5.91 Å². The molecule has 92 valence electrons. The van der Waals surface area contributed by atoms with Gasteiger partial charge in [-0.25, -0.2) is 0 Å². The Balaban J connectivity index is 2.38. The number of carbonyl (C=O) groups is 2. The number of benzene rings is 1. The standard InChI is InChI=1S/C12H14BrNO3/c1-8(12(16)17)14-11(15)7-4-9-2-5-10(13)6-3-9/h2-3,5-6,8H,4,7H2,1H3,(H,14,15)(H,16,17)/t8-/m1/s1. The van der Waals surface area contributed by atoms with Gasteiger partial charge in [0.1, 0.15) is 6.04 Å². The Hall–Kier alpha value is -1.36. The van der Waals surface area contributed by atoms with Crippen molar-refractivity contribution < 1.29 is 14.7 Å². The Kier molecular flexibility index (Phi) is 5.15. The first-order chi connectivity index (χ1) is 7.99. The molecule has 0 saturated heterocycles. The topological polar surface area (TPSA) is 66.4 Å². The molecule has 17 heavy (non-hydrogen) atoms. The van der Waals surface area contributed by atoms with Crippen molar-refractivity contribution in [2.75, 3.05) is 0 Å². The molecule has 0 bridgehead atoms. The van der Waals surface area contributed by atoms with Crippen LogP contribution in [-0.2, 0) is 16.0 Å². The highest BCUT2D eigenvalue weighted by molar-refractivity contribution is 9.10. The van der Waals surface area contributed by atoms with Crippen LogP contribution in [0.2, 0.25) is 0 Å². The van der Waals surface area contributed by atoms with E-state index in [-0.39, 0.29) is 5.91 Å². The largest absolute Gasteiger partial charge is 0.480 e. The maximum Gasteiger partial charge on any atom is 0.325 e. The van der Waals surface area contributed by atoms with Gasteiger partial charge < -0.3 is 10.4 Å². The number of aliphatic carboxylic acids is 1. The summed E-state index contributed by atoms with van der Waals surface area (Å²) in [4.78, 5) is 21.9. The minimum absolute atomic E-state index is 0.247. The Morgan fingerprint density at radius 1 is 1.35 bits per heavy atom. The third-order valence-electron chi connectivity index (χ3n) is 2.30. The van der Waals surface area contributed by atoms with Crippen LogP contribution >= 0.6 is 15.9 Å². The lowest BCUT2D eigenvalue weighted by Crippen LogP contribution is -2.38. The van der Waals surface area contributed by atoms with Crippen molar-refractivity contribution in [2.24, 2.45) is 0 Å². The quantitative estimate of drug-likeness (QED) is 0.873. The highest BCUT2D eigenvalue weighted by atomic mass is 79.9. The fourth-order valence-corrected chi connectivity index (χ4v) is 1.55. The highest BCUT2D eigenvalue weighted by Crippen LogP contribution is 2.11. The molecule has 0 aliphatic carbocycles. The molecule has 0 aliphatic rings. The molecule has 0 radical (unpaired) electrons. The highest BCUT2D eigenvalue weighted by Gasteiger charge is 2.13. The smallest absolute Gasteiger partial charge is 0.325 e. The fourth-order valence-electron chi connectivity index (χ4n) is 1.28. The Morgan fingerprint density at radius 3 is 2.47 bits per heavy atom. The van der Waals surface area contributed by atoms with E-state index in [0.717, 1.165) is 10.0 Å². The van der Waals surface area contributed by atoms with Crippen molar-refractivity contribution in [3.63, 3.8) is 0 Å². The maximum absolute atomic E-state index is 11.4. The number of carbonyl (C=O) groups excluding carboxylic acids is 1. The zero-order valence-electron chi connectivity index (χ0n) is 9.44. The van der Waals surface area contributed by atoms with Crippen LogP contribution in [0.3, 0.4) is 0 Å². The summed E-state index contributed by atoms with van der Waals surface area (Å²) in [5.74, 6) is -1.27. The molecule has 0 spiro atoms. The molecule has 1 aromatic rings. The normalized spacial score (nSPS) is 11.9. The second kappa shape index (κ2) is 6.39. The number of carboxylic acid groups (broad SMARTS) is 1. The Bertz CT molecular complexity index is 403. The van der Waals surface area contributed by atoms with Gasteiger partial charge in [0.25, 0.3) is 0 Å². The monoisotopic (exact) mass is 299 g/mol. The molecule has 0 aromatic heterocycles. The van der Waals surface area contributed by atoms with E-state index in [0.29, 0.717) is 12.8 Å². The first-order valence-electron chi connectivity index (χ1n) is 5.25. The summed E-state index contributed by atoms with van der Waals surface area (Å²) in [5, 5.41) is 11.0. The zero-order chi connectivity index (χ0) is 12.8. The van der Waals surface area contributed by atoms with Crippen LogP contribution < -0.4 is 5.32 Å². The lowest BCUT2D eigenvalue weighted by molar-refractivity contribution is -0.141. The van der Waals surface area contributed by atoms with Crippen LogP contribution in [0.15, 0.2) is 28.7 Å². The average Bonchev–Trinajstić information content (AvgIpc) is 2.28. The van der Waals surface area contributed by atoms with Crippen molar-refractivity contribution in [2.45, 2.75) is 25.8 Å². The number of aryl methyl sites for hydroxylation is 1. The van der Waals surface area contributed by atoms with E-state index >= 15 is 0 Å². The molecule has 2 N–H and O–H groups in total. The fraction of sp³-hybridized carbons (Fsp3) is 0.333. The number of hydrogen-bond acceptors (Lipinski definition) is 2. The Labute approximate surface area is 108 Å². The SMILES string of the molecule is C[C@@H](NC(=O)CCc1ccc(Br)cc1)C(=O)O. The van der Waals surface area contributed by atoms with Crippen LogP contribution in [0, 0.1) is 0 Å². The molecule has 1 amide bonds. The number of halogens is 1. The first kappa shape index (κ1) is 13.7. The predicted octanol–water partition coefficient (Wildman–Crippen LogP) is 1.97. The van der Waals surface area contributed by atoms with E-state index in [1.807, 2.05) is 24.3 Å². The molecule has 4 nitrogen and oxygen atoms in total. The molecule has 0 heterocycles. The summed E-state index contributed by atoms with van der Waals surface area (Å²) < 4.78 is 0.991. The van der Waals surface area contributed by atoms with Gasteiger partial charge in [-0.3, -0.25) is 9.59 Å². The third-order valence-corrected chi connectivity index (χ3v) is 2.83. The van der Waals surface area contributed by atoms with Gasteiger partial charge in [-0.2, -0.15) is 0 Å². The van der Waals surface area contributed by atoms with E-state index in [1.165, 1.54) is 6.92 Å². The van der Waals surface area contributed by atoms with Crippen molar-refractivity contribution in [1.82, 2.24) is 5.32 Å². The summed E-state index contributed by atoms with van der Waals surface area (Å²) in [5.41, 5.74) is 1.05. The van der Waals surface area contributed by atoms with Crippen LogP contribution in [0.5, 0.6) is 0 Å². The predicted molar refractivity (Wildman–Crippen MR) is 67.7 cm³/mol.